The zero-order chi connectivity index (χ0) is 16.2. The highest BCUT2D eigenvalue weighted by molar-refractivity contribution is 9.11. The number of hydrogen-bond donors (Lipinski definition) is 1. The summed E-state index contributed by atoms with van der Waals surface area (Å²) in [5.74, 6) is 0.139. The van der Waals surface area contributed by atoms with Crippen LogP contribution in [0.3, 0.4) is 0 Å². The Bertz CT molecular complexity index is 729. The van der Waals surface area contributed by atoms with Crippen molar-refractivity contribution in [2.75, 3.05) is 6.54 Å². The van der Waals surface area contributed by atoms with E-state index in [1.165, 1.54) is 11.3 Å². The van der Waals surface area contributed by atoms with Gasteiger partial charge in [-0.25, -0.2) is 0 Å². The Kier molecular flexibility index (Phi) is 5.13. The number of halogens is 1. The summed E-state index contributed by atoms with van der Waals surface area (Å²) in [5.41, 5.74) is 2.14. The van der Waals surface area contributed by atoms with E-state index in [1.54, 1.807) is 6.07 Å². The minimum atomic E-state index is -0.0762. The maximum absolute atomic E-state index is 12.2. The molecule has 1 aliphatic heterocycles. The molecular formula is C17H17BrN2O2S. The van der Waals surface area contributed by atoms with E-state index >= 15 is 0 Å². The van der Waals surface area contributed by atoms with Crippen LogP contribution < -0.4 is 5.32 Å². The Morgan fingerprint density at radius 2 is 2.00 bits per heavy atom. The lowest BCUT2D eigenvalue weighted by Crippen LogP contribution is -2.26. The van der Waals surface area contributed by atoms with E-state index < -0.39 is 0 Å². The number of nitrogens with zero attached hydrogens (tertiary/aromatic N) is 1. The van der Waals surface area contributed by atoms with Gasteiger partial charge in [0.2, 0.25) is 5.91 Å². The van der Waals surface area contributed by atoms with Gasteiger partial charge in [0.25, 0.3) is 5.91 Å². The average molecular weight is 393 g/mol. The first kappa shape index (κ1) is 16.2. The van der Waals surface area contributed by atoms with E-state index in [0.717, 1.165) is 27.9 Å². The summed E-state index contributed by atoms with van der Waals surface area (Å²) >= 11 is 4.78. The van der Waals surface area contributed by atoms with Gasteiger partial charge in [0, 0.05) is 26.1 Å². The smallest absolute Gasteiger partial charge is 0.261 e. The van der Waals surface area contributed by atoms with Gasteiger partial charge in [-0.05, 0) is 45.6 Å². The molecule has 0 spiro atoms. The zero-order valence-corrected chi connectivity index (χ0v) is 15.0. The SMILES string of the molecule is O=C(NCc1ccccc1CN1CCCC1=O)c1ccc(Br)s1. The summed E-state index contributed by atoms with van der Waals surface area (Å²) in [5, 5.41) is 2.95. The topological polar surface area (TPSA) is 49.4 Å². The predicted molar refractivity (Wildman–Crippen MR) is 94.3 cm³/mol. The monoisotopic (exact) mass is 392 g/mol. The van der Waals surface area contributed by atoms with Crippen LogP contribution in [0.2, 0.25) is 0 Å². The molecule has 120 valence electrons. The number of benzene rings is 1. The van der Waals surface area contributed by atoms with E-state index in [1.807, 2.05) is 35.2 Å². The van der Waals surface area contributed by atoms with Crippen molar-refractivity contribution < 1.29 is 9.59 Å². The second-order valence-electron chi connectivity index (χ2n) is 5.47. The van der Waals surface area contributed by atoms with Gasteiger partial charge in [-0.2, -0.15) is 0 Å². The fourth-order valence-electron chi connectivity index (χ4n) is 2.66. The van der Waals surface area contributed by atoms with Crippen LogP contribution in [0.4, 0.5) is 0 Å². The van der Waals surface area contributed by atoms with E-state index in [9.17, 15) is 9.59 Å². The first-order valence-electron chi connectivity index (χ1n) is 7.51. The maximum Gasteiger partial charge on any atom is 0.261 e. The molecule has 0 saturated carbocycles. The molecule has 6 heteroatoms. The lowest BCUT2D eigenvalue weighted by atomic mass is 10.1. The molecule has 0 unspecified atom stereocenters. The molecule has 0 atom stereocenters. The number of likely N-dealkylation sites (tertiary alicyclic amines) is 1. The highest BCUT2D eigenvalue weighted by Crippen LogP contribution is 2.22. The van der Waals surface area contributed by atoms with E-state index in [4.69, 9.17) is 0 Å². The molecule has 1 aliphatic rings. The third kappa shape index (κ3) is 4.00. The summed E-state index contributed by atoms with van der Waals surface area (Å²) in [6, 6.07) is 11.6. The highest BCUT2D eigenvalue weighted by atomic mass is 79.9. The second-order valence-corrected chi connectivity index (χ2v) is 7.94. The Hall–Kier alpha value is -1.66. The molecule has 1 aromatic carbocycles. The predicted octanol–water partition coefficient (Wildman–Crippen LogP) is 3.56. The van der Waals surface area contributed by atoms with Crippen LogP contribution in [-0.4, -0.2) is 23.3 Å². The zero-order valence-electron chi connectivity index (χ0n) is 12.5. The van der Waals surface area contributed by atoms with Crippen molar-refractivity contribution in [3.05, 3.63) is 56.2 Å². The third-order valence-electron chi connectivity index (χ3n) is 3.89. The number of carbonyl (C=O) groups is 2. The molecule has 23 heavy (non-hydrogen) atoms. The van der Waals surface area contributed by atoms with E-state index in [2.05, 4.69) is 21.2 Å². The number of thiophene rings is 1. The molecule has 4 nitrogen and oxygen atoms in total. The summed E-state index contributed by atoms with van der Waals surface area (Å²) in [4.78, 5) is 26.5. The Morgan fingerprint density at radius 1 is 1.22 bits per heavy atom. The van der Waals surface area contributed by atoms with Crippen LogP contribution in [0.5, 0.6) is 0 Å². The molecule has 1 saturated heterocycles. The van der Waals surface area contributed by atoms with Gasteiger partial charge in [-0.3, -0.25) is 9.59 Å². The Morgan fingerprint density at radius 3 is 2.65 bits per heavy atom. The highest BCUT2D eigenvalue weighted by Gasteiger charge is 2.21. The minimum Gasteiger partial charge on any atom is -0.347 e. The van der Waals surface area contributed by atoms with Gasteiger partial charge in [0.05, 0.1) is 8.66 Å². The molecule has 1 aromatic heterocycles. The first-order valence-corrected chi connectivity index (χ1v) is 9.12. The molecule has 2 amide bonds. The van der Waals surface area contributed by atoms with Crippen molar-refractivity contribution in [1.29, 1.82) is 0 Å². The summed E-state index contributed by atoms with van der Waals surface area (Å²) in [6.07, 6.45) is 1.58. The van der Waals surface area contributed by atoms with E-state index in [0.29, 0.717) is 24.4 Å². The van der Waals surface area contributed by atoms with Crippen LogP contribution in [0, 0.1) is 0 Å². The minimum absolute atomic E-state index is 0.0762. The van der Waals surface area contributed by atoms with Crippen molar-refractivity contribution in [1.82, 2.24) is 10.2 Å². The molecule has 1 fully saturated rings. The molecule has 2 aromatic rings. The third-order valence-corrected chi connectivity index (χ3v) is 5.51. The van der Waals surface area contributed by atoms with E-state index in [-0.39, 0.29) is 11.8 Å². The van der Waals surface area contributed by atoms with Gasteiger partial charge in [0.1, 0.15) is 0 Å². The van der Waals surface area contributed by atoms with Gasteiger partial charge < -0.3 is 10.2 Å². The first-order chi connectivity index (χ1) is 11.1. The maximum atomic E-state index is 12.2. The average Bonchev–Trinajstić information content (AvgIpc) is 3.15. The van der Waals surface area contributed by atoms with Crippen molar-refractivity contribution in [2.24, 2.45) is 0 Å². The quantitative estimate of drug-likeness (QED) is 0.845. The molecule has 2 heterocycles. The number of amides is 2. The van der Waals surface area contributed by atoms with Crippen molar-refractivity contribution >= 4 is 39.1 Å². The van der Waals surface area contributed by atoms with Crippen LogP contribution in [0.25, 0.3) is 0 Å². The summed E-state index contributed by atoms with van der Waals surface area (Å²) in [7, 11) is 0. The molecule has 0 bridgehead atoms. The van der Waals surface area contributed by atoms with Gasteiger partial charge in [-0.15, -0.1) is 11.3 Å². The second kappa shape index (κ2) is 7.27. The fourth-order valence-corrected chi connectivity index (χ4v) is 3.96. The van der Waals surface area contributed by atoms with Crippen LogP contribution in [-0.2, 0) is 17.9 Å². The van der Waals surface area contributed by atoms with Crippen molar-refractivity contribution in [3.63, 3.8) is 0 Å². The molecule has 0 radical (unpaired) electrons. The molecule has 1 N–H and O–H groups in total. The number of nitrogens with one attached hydrogen (secondary N) is 1. The standard InChI is InChI=1S/C17H17BrN2O2S/c18-15-8-7-14(23-15)17(22)19-10-12-4-1-2-5-13(12)11-20-9-3-6-16(20)21/h1-2,4-5,7-8H,3,6,9-11H2,(H,19,22). The fraction of sp³-hybridized carbons (Fsp3) is 0.294. The largest absolute Gasteiger partial charge is 0.347 e. The number of rotatable bonds is 5. The Labute approximate surface area is 147 Å². The molecule has 3 rings (SSSR count). The molecular weight excluding hydrogens is 376 g/mol. The number of carbonyl (C=O) groups excluding carboxylic acids is 2. The van der Waals surface area contributed by atoms with Gasteiger partial charge in [-0.1, -0.05) is 24.3 Å². The Balaban J connectivity index is 1.65. The summed E-state index contributed by atoms with van der Waals surface area (Å²) < 4.78 is 0.940. The summed E-state index contributed by atoms with van der Waals surface area (Å²) in [6.45, 7) is 1.91. The van der Waals surface area contributed by atoms with Gasteiger partial charge >= 0.3 is 0 Å². The van der Waals surface area contributed by atoms with Crippen molar-refractivity contribution in [2.45, 2.75) is 25.9 Å². The number of hydrogen-bond acceptors (Lipinski definition) is 3. The van der Waals surface area contributed by atoms with Crippen LogP contribution in [0.1, 0.15) is 33.6 Å². The van der Waals surface area contributed by atoms with Gasteiger partial charge in [0.15, 0.2) is 0 Å². The van der Waals surface area contributed by atoms with Crippen molar-refractivity contribution in [3.8, 4) is 0 Å². The molecule has 0 aliphatic carbocycles. The normalized spacial score (nSPS) is 14.3. The van der Waals surface area contributed by atoms with Crippen LogP contribution >= 0.6 is 27.3 Å². The lowest BCUT2D eigenvalue weighted by Gasteiger charge is -2.18. The van der Waals surface area contributed by atoms with Crippen LogP contribution in [0.15, 0.2) is 40.2 Å². The lowest BCUT2D eigenvalue weighted by molar-refractivity contribution is -0.128.